The van der Waals surface area contributed by atoms with Crippen LogP contribution >= 0.6 is 0 Å². The molecule has 2 unspecified atom stereocenters. The van der Waals surface area contributed by atoms with Crippen LogP contribution in [0.2, 0.25) is 0 Å². The molecule has 2 atom stereocenters. The van der Waals surface area contributed by atoms with E-state index in [4.69, 9.17) is 9.47 Å². The molecule has 5 nitrogen and oxygen atoms in total. The van der Waals surface area contributed by atoms with E-state index in [1.807, 2.05) is 6.07 Å². The average Bonchev–Trinajstić information content (AvgIpc) is 3.28. The van der Waals surface area contributed by atoms with Crippen LogP contribution in [0.15, 0.2) is 24.3 Å². The van der Waals surface area contributed by atoms with Crippen LogP contribution in [0.25, 0.3) is 0 Å². The van der Waals surface area contributed by atoms with Crippen molar-refractivity contribution in [3.8, 4) is 5.75 Å². The molecule has 0 bridgehead atoms. The summed E-state index contributed by atoms with van der Waals surface area (Å²) in [6, 6.07) is 7.04. The first kappa shape index (κ1) is 14.5. The normalized spacial score (nSPS) is 18.2. The minimum absolute atomic E-state index is 0.0649. The zero-order valence-corrected chi connectivity index (χ0v) is 11.6. The van der Waals surface area contributed by atoms with Gasteiger partial charge >= 0.3 is 5.97 Å². The summed E-state index contributed by atoms with van der Waals surface area (Å²) in [4.78, 5) is 23.6. The van der Waals surface area contributed by atoms with Crippen molar-refractivity contribution in [3.05, 3.63) is 29.8 Å². The Morgan fingerprint density at radius 3 is 2.75 bits per heavy atom. The third-order valence-electron chi connectivity index (χ3n) is 3.13. The van der Waals surface area contributed by atoms with Gasteiger partial charge in [0.15, 0.2) is 5.78 Å². The number of ketones is 1. The predicted molar refractivity (Wildman–Crippen MR) is 71.8 cm³/mol. The fourth-order valence-electron chi connectivity index (χ4n) is 1.83. The van der Waals surface area contributed by atoms with Gasteiger partial charge in [0.1, 0.15) is 18.5 Å². The van der Waals surface area contributed by atoms with Crippen molar-refractivity contribution in [2.24, 2.45) is 5.92 Å². The fraction of sp³-hybridized carbons (Fsp3) is 0.467. The van der Waals surface area contributed by atoms with Crippen LogP contribution in [-0.4, -0.2) is 38.2 Å². The molecule has 0 aliphatic carbocycles. The Bertz CT molecular complexity index is 493. The standard InChI is InChI=1S/C15H18O5/c1-10(7-14(16)18-2)15(17)12-5-3-4-6-13(12)20-9-11-8-19-11/h3-6,10-11H,7-9H2,1-2H3. The molecule has 1 heterocycles. The van der Waals surface area contributed by atoms with Crippen molar-refractivity contribution in [2.45, 2.75) is 19.4 Å². The monoisotopic (exact) mass is 278 g/mol. The molecule has 1 aliphatic heterocycles. The molecule has 20 heavy (non-hydrogen) atoms. The van der Waals surface area contributed by atoms with E-state index in [0.29, 0.717) is 24.5 Å². The summed E-state index contributed by atoms with van der Waals surface area (Å²) in [6.45, 7) is 2.85. The molecule has 1 aromatic rings. The highest BCUT2D eigenvalue weighted by Crippen LogP contribution is 2.24. The summed E-state index contributed by atoms with van der Waals surface area (Å²) in [5.41, 5.74) is 0.490. The summed E-state index contributed by atoms with van der Waals surface area (Å²) in [7, 11) is 1.31. The summed E-state index contributed by atoms with van der Waals surface area (Å²) < 4.78 is 15.3. The van der Waals surface area contributed by atoms with Crippen molar-refractivity contribution in [1.29, 1.82) is 0 Å². The van der Waals surface area contributed by atoms with Crippen LogP contribution in [0.5, 0.6) is 5.75 Å². The van der Waals surface area contributed by atoms with Gasteiger partial charge in [-0.2, -0.15) is 0 Å². The lowest BCUT2D eigenvalue weighted by Gasteiger charge is -2.13. The SMILES string of the molecule is COC(=O)CC(C)C(=O)c1ccccc1OCC1CO1. The van der Waals surface area contributed by atoms with E-state index in [0.717, 1.165) is 0 Å². The Morgan fingerprint density at radius 1 is 1.40 bits per heavy atom. The number of Topliss-reactive ketones (excluding diaryl/α,β-unsaturated/α-hetero) is 1. The van der Waals surface area contributed by atoms with Crippen LogP contribution in [-0.2, 0) is 14.3 Å². The summed E-state index contributed by atoms with van der Waals surface area (Å²) in [5.74, 6) is -0.424. The Labute approximate surface area is 117 Å². The van der Waals surface area contributed by atoms with Gasteiger partial charge in [0.2, 0.25) is 0 Å². The number of ether oxygens (including phenoxy) is 3. The van der Waals surface area contributed by atoms with Crippen molar-refractivity contribution >= 4 is 11.8 Å². The minimum Gasteiger partial charge on any atom is -0.490 e. The van der Waals surface area contributed by atoms with E-state index in [-0.39, 0.29) is 18.3 Å². The second kappa shape index (κ2) is 6.52. The summed E-state index contributed by atoms with van der Waals surface area (Å²) in [5, 5.41) is 0. The predicted octanol–water partition coefficient (Wildman–Crippen LogP) is 1.85. The molecule has 0 radical (unpaired) electrons. The molecule has 1 fully saturated rings. The third-order valence-corrected chi connectivity index (χ3v) is 3.13. The van der Waals surface area contributed by atoms with E-state index < -0.39 is 11.9 Å². The molecule has 0 N–H and O–H groups in total. The Kier molecular flexibility index (Phi) is 4.74. The molecule has 0 amide bonds. The number of rotatable bonds is 7. The molecular weight excluding hydrogens is 260 g/mol. The number of esters is 1. The lowest BCUT2D eigenvalue weighted by Crippen LogP contribution is -2.18. The van der Waals surface area contributed by atoms with Crippen molar-refractivity contribution in [2.75, 3.05) is 20.3 Å². The van der Waals surface area contributed by atoms with Gasteiger partial charge in [-0.3, -0.25) is 9.59 Å². The molecule has 0 saturated carbocycles. The van der Waals surface area contributed by atoms with Gasteiger partial charge < -0.3 is 14.2 Å². The maximum Gasteiger partial charge on any atom is 0.306 e. The van der Waals surface area contributed by atoms with E-state index in [9.17, 15) is 9.59 Å². The van der Waals surface area contributed by atoms with Crippen LogP contribution in [0.3, 0.4) is 0 Å². The Morgan fingerprint density at radius 2 is 2.10 bits per heavy atom. The third kappa shape index (κ3) is 3.81. The largest absolute Gasteiger partial charge is 0.490 e. The van der Waals surface area contributed by atoms with Crippen molar-refractivity contribution in [3.63, 3.8) is 0 Å². The van der Waals surface area contributed by atoms with Gasteiger partial charge in [0, 0.05) is 5.92 Å². The van der Waals surface area contributed by atoms with Gasteiger partial charge in [-0.15, -0.1) is 0 Å². The number of carbonyl (C=O) groups is 2. The highest BCUT2D eigenvalue weighted by Gasteiger charge is 2.25. The van der Waals surface area contributed by atoms with Crippen LogP contribution in [0.1, 0.15) is 23.7 Å². The summed E-state index contributed by atoms with van der Waals surface area (Å²) >= 11 is 0. The molecular formula is C15H18O5. The summed E-state index contributed by atoms with van der Waals surface area (Å²) in [6.07, 6.45) is 0.195. The van der Waals surface area contributed by atoms with Gasteiger partial charge in [-0.25, -0.2) is 0 Å². The van der Waals surface area contributed by atoms with Gasteiger partial charge in [0.05, 0.1) is 25.7 Å². The van der Waals surface area contributed by atoms with Gasteiger partial charge in [-0.05, 0) is 12.1 Å². The van der Waals surface area contributed by atoms with E-state index in [1.165, 1.54) is 7.11 Å². The number of hydrogen-bond donors (Lipinski definition) is 0. The zero-order valence-electron chi connectivity index (χ0n) is 11.6. The molecule has 1 aromatic carbocycles. The first-order valence-corrected chi connectivity index (χ1v) is 6.56. The quantitative estimate of drug-likeness (QED) is 0.432. The smallest absolute Gasteiger partial charge is 0.306 e. The van der Waals surface area contributed by atoms with Crippen LogP contribution in [0, 0.1) is 5.92 Å². The molecule has 5 heteroatoms. The highest BCUT2D eigenvalue weighted by molar-refractivity contribution is 6.01. The maximum absolute atomic E-state index is 12.4. The Hall–Kier alpha value is -1.88. The average molecular weight is 278 g/mol. The van der Waals surface area contributed by atoms with Crippen LogP contribution in [0.4, 0.5) is 0 Å². The topological polar surface area (TPSA) is 65.1 Å². The van der Waals surface area contributed by atoms with Gasteiger partial charge in [-0.1, -0.05) is 19.1 Å². The second-order valence-corrected chi connectivity index (χ2v) is 4.81. The maximum atomic E-state index is 12.4. The number of carbonyl (C=O) groups excluding carboxylic acids is 2. The Balaban J connectivity index is 2.05. The molecule has 1 saturated heterocycles. The number of hydrogen-bond acceptors (Lipinski definition) is 5. The zero-order chi connectivity index (χ0) is 14.5. The number of methoxy groups -OCH3 is 1. The minimum atomic E-state index is -0.440. The fourth-order valence-corrected chi connectivity index (χ4v) is 1.83. The van der Waals surface area contributed by atoms with Crippen molar-refractivity contribution in [1.82, 2.24) is 0 Å². The number of benzene rings is 1. The van der Waals surface area contributed by atoms with E-state index >= 15 is 0 Å². The number of epoxide rings is 1. The first-order chi connectivity index (χ1) is 9.61. The molecule has 1 aliphatic rings. The lowest BCUT2D eigenvalue weighted by molar-refractivity contribution is -0.141. The van der Waals surface area contributed by atoms with Crippen molar-refractivity contribution < 1.29 is 23.8 Å². The lowest BCUT2D eigenvalue weighted by atomic mass is 9.96. The molecule has 0 spiro atoms. The van der Waals surface area contributed by atoms with Gasteiger partial charge in [0.25, 0.3) is 0 Å². The first-order valence-electron chi connectivity index (χ1n) is 6.56. The highest BCUT2D eigenvalue weighted by atomic mass is 16.6. The molecule has 2 rings (SSSR count). The molecule has 0 aromatic heterocycles. The number of para-hydroxylation sites is 1. The van der Waals surface area contributed by atoms with Crippen LogP contribution < -0.4 is 4.74 Å². The van der Waals surface area contributed by atoms with E-state index in [1.54, 1.807) is 25.1 Å². The van der Waals surface area contributed by atoms with E-state index in [2.05, 4.69) is 4.74 Å². The molecule has 108 valence electrons. The second-order valence-electron chi connectivity index (χ2n) is 4.81.